The number of hydrogen-bond donors (Lipinski definition) is 2. The molecule has 19 heavy (non-hydrogen) atoms. The van der Waals surface area contributed by atoms with Crippen LogP contribution in [0.3, 0.4) is 0 Å². The Hall–Kier alpha value is -1.55. The first kappa shape index (κ1) is 13.9. The third-order valence-corrected chi connectivity index (χ3v) is 3.99. The molecule has 0 unspecified atom stereocenters. The van der Waals surface area contributed by atoms with Gasteiger partial charge < -0.3 is 10.3 Å². The third-order valence-electron chi connectivity index (χ3n) is 3.99. The average molecular weight is 261 g/mol. The van der Waals surface area contributed by atoms with Gasteiger partial charge in [0.2, 0.25) is 0 Å². The van der Waals surface area contributed by atoms with E-state index in [1.54, 1.807) is 0 Å². The molecule has 1 aliphatic rings. The predicted molar refractivity (Wildman–Crippen MR) is 77.8 cm³/mol. The maximum atomic E-state index is 12.4. The third kappa shape index (κ3) is 3.47. The van der Waals surface area contributed by atoms with Crippen molar-refractivity contribution in [3.8, 4) is 0 Å². The molecule has 0 bridgehead atoms. The summed E-state index contributed by atoms with van der Waals surface area (Å²) in [5.74, 6) is 5.43. The summed E-state index contributed by atoms with van der Waals surface area (Å²) in [7, 11) is 1.92. The second kappa shape index (κ2) is 6.57. The van der Waals surface area contributed by atoms with Crippen molar-refractivity contribution in [2.24, 2.45) is 5.84 Å². The van der Waals surface area contributed by atoms with Gasteiger partial charge in [-0.1, -0.05) is 25.7 Å². The number of anilines is 1. The Morgan fingerprint density at radius 1 is 1.16 bits per heavy atom. The first-order valence-corrected chi connectivity index (χ1v) is 7.06. The van der Waals surface area contributed by atoms with Crippen LogP contribution in [-0.2, 0) is 0 Å². The fraction of sp³-hybridized carbons (Fsp3) is 0.533. The zero-order valence-electron chi connectivity index (χ0n) is 11.6. The maximum Gasteiger partial charge on any atom is 0.253 e. The first-order chi connectivity index (χ1) is 9.22. The van der Waals surface area contributed by atoms with Gasteiger partial charge in [-0.2, -0.15) is 0 Å². The van der Waals surface area contributed by atoms with Crippen molar-refractivity contribution < 1.29 is 4.79 Å². The highest BCUT2D eigenvalue weighted by molar-refractivity contribution is 5.94. The molecule has 4 heteroatoms. The molecular formula is C15H23N3O. The van der Waals surface area contributed by atoms with Crippen LogP contribution in [0.15, 0.2) is 24.3 Å². The lowest BCUT2D eigenvalue weighted by Crippen LogP contribution is -2.36. The van der Waals surface area contributed by atoms with Crippen LogP contribution in [0.5, 0.6) is 0 Å². The number of nitrogens with two attached hydrogens (primary N) is 1. The number of nitrogen functional groups attached to an aromatic ring is 1. The highest BCUT2D eigenvalue weighted by atomic mass is 16.2. The Balaban J connectivity index is 2.04. The summed E-state index contributed by atoms with van der Waals surface area (Å²) < 4.78 is 0. The summed E-state index contributed by atoms with van der Waals surface area (Å²) >= 11 is 0. The molecule has 1 aromatic rings. The lowest BCUT2D eigenvalue weighted by atomic mass is 10.1. The molecule has 4 nitrogen and oxygen atoms in total. The van der Waals surface area contributed by atoms with Crippen molar-refractivity contribution in [2.45, 2.75) is 44.6 Å². The molecule has 1 amide bonds. The average Bonchev–Trinajstić information content (AvgIpc) is 2.75. The smallest absolute Gasteiger partial charge is 0.253 e. The number of nitrogens with one attached hydrogen (secondary N) is 1. The number of amides is 1. The van der Waals surface area contributed by atoms with Crippen LogP contribution < -0.4 is 11.3 Å². The Morgan fingerprint density at radius 2 is 1.74 bits per heavy atom. The summed E-state index contributed by atoms with van der Waals surface area (Å²) in [4.78, 5) is 14.3. The monoisotopic (exact) mass is 261 g/mol. The molecule has 1 aromatic carbocycles. The van der Waals surface area contributed by atoms with E-state index >= 15 is 0 Å². The van der Waals surface area contributed by atoms with Gasteiger partial charge in [-0.25, -0.2) is 0 Å². The molecule has 0 spiro atoms. The van der Waals surface area contributed by atoms with E-state index in [-0.39, 0.29) is 5.91 Å². The van der Waals surface area contributed by atoms with Crippen LogP contribution in [0, 0.1) is 0 Å². The van der Waals surface area contributed by atoms with E-state index in [9.17, 15) is 4.79 Å². The fourth-order valence-corrected chi connectivity index (χ4v) is 2.72. The number of carbonyl (C=O) groups excluding carboxylic acids is 1. The molecule has 0 heterocycles. The molecule has 2 rings (SSSR count). The van der Waals surface area contributed by atoms with Gasteiger partial charge in [0, 0.05) is 24.3 Å². The summed E-state index contributed by atoms with van der Waals surface area (Å²) in [6.45, 7) is 0. The lowest BCUT2D eigenvalue weighted by Gasteiger charge is -2.27. The number of nitrogens with zero attached hydrogens (tertiary/aromatic N) is 1. The van der Waals surface area contributed by atoms with Gasteiger partial charge in [-0.3, -0.25) is 10.6 Å². The number of benzene rings is 1. The zero-order chi connectivity index (χ0) is 13.7. The molecule has 0 aromatic heterocycles. The van der Waals surface area contributed by atoms with Crippen molar-refractivity contribution in [3.63, 3.8) is 0 Å². The number of hydrazine groups is 1. The Morgan fingerprint density at radius 3 is 2.26 bits per heavy atom. The molecule has 104 valence electrons. The van der Waals surface area contributed by atoms with E-state index < -0.39 is 0 Å². The van der Waals surface area contributed by atoms with Crippen molar-refractivity contribution in [1.82, 2.24) is 4.90 Å². The van der Waals surface area contributed by atoms with E-state index in [1.807, 2.05) is 36.2 Å². The van der Waals surface area contributed by atoms with E-state index in [1.165, 1.54) is 25.7 Å². The quantitative estimate of drug-likeness (QED) is 0.500. The number of hydrogen-bond acceptors (Lipinski definition) is 3. The minimum Gasteiger partial charge on any atom is -0.339 e. The van der Waals surface area contributed by atoms with Gasteiger partial charge in [0.05, 0.1) is 0 Å². The van der Waals surface area contributed by atoms with Gasteiger partial charge in [-0.15, -0.1) is 0 Å². The second-order valence-electron chi connectivity index (χ2n) is 5.28. The first-order valence-electron chi connectivity index (χ1n) is 7.06. The van der Waals surface area contributed by atoms with Crippen molar-refractivity contribution in [3.05, 3.63) is 29.8 Å². The molecule has 1 saturated carbocycles. The normalized spacial score (nSPS) is 16.7. The molecular weight excluding hydrogens is 238 g/mol. The molecule has 0 radical (unpaired) electrons. The van der Waals surface area contributed by atoms with Crippen LogP contribution in [0.25, 0.3) is 0 Å². The van der Waals surface area contributed by atoms with Crippen LogP contribution >= 0.6 is 0 Å². The zero-order valence-corrected chi connectivity index (χ0v) is 11.6. The van der Waals surface area contributed by atoms with Gasteiger partial charge >= 0.3 is 0 Å². The highest BCUT2D eigenvalue weighted by Crippen LogP contribution is 2.22. The van der Waals surface area contributed by atoms with Crippen LogP contribution in [0.4, 0.5) is 5.69 Å². The second-order valence-corrected chi connectivity index (χ2v) is 5.28. The van der Waals surface area contributed by atoms with E-state index in [2.05, 4.69) is 5.43 Å². The molecule has 1 aliphatic carbocycles. The lowest BCUT2D eigenvalue weighted by molar-refractivity contribution is 0.0718. The fourth-order valence-electron chi connectivity index (χ4n) is 2.72. The van der Waals surface area contributed by atoms with E-state index in [0.29, 0.717) is 6.04 Å². The summed E-state index contributed by atoms with van der Waals surface area (Å²) in [5, 5.41) is 0. The summed E-state index contributed by atoms with van der Waals surface area (Å²) in [5.41, 5.74) is 4.11. The SMILES string of the molecule is CN(C(=O)c1ccc(NN)cc1)C1CCCCCC1. The van der Waals surface area contributed by atoms with E-state index in [4.69, 9.17) is 5.84 Å². The minimum absolute atomic E-state index is 0.107. The van der Waals surface area contributed by atoms with Gasteiger partial charge in [0.15, 0.2) is 0 Å². The predicted octanol–water partition coefficient (Wildman–Crippen LogP) is 2.77. The summed E-state index contributed by atoms with van der Waals surface area (Å²) in [6, 6.07) is 7.69. The van der Waals surface area contributed by atoms with Gasteiger partial charge in [0.25, 0.3) is 5.91 Å². The van der Waals surface area contributed by atoms with Crippen molar-refractivity contribution in [2.75, 3.05) is 12.5 Å². The highest BCUT2D eigenvalue weighted by Gasteiger charge is 2.21. The minimum atomic E-state index is 0.107. The van der Waals surface area contributed by atoms with E-state index in [0.717, 1.165) is 24.1 Å². The largest absolute Gasteiger partial charge is 0.339 e. The van der Waals surface area contributed by atoms with Gasteiger partial charge in [0.1, 0.15) is 0 Å². The van der Waals surface area contributed by atoms with Crippen LogP contribution in [0.1, 0.15) is 48.9 Å². The Kier molecular flexibility index (Phi) is 4.80. The van der Waals surface area contributed by atoms with Crippen molar-refractivity contribution >= 4 is 11.6 Å². The number of carbonyl (C=O) groups is 1. The molecule has 3 N–H and O–H groups in total. The molecule has 0 atom stereocenters. The number of rotatable bonds is 3. The topological polar surface area (TPSA) is 58.4 Å². The van der Waals surface area contributed by atoms with Gasteiger partial charge in [-0.05, 0) is 37.1 Å². The molecule has 0 saturated heterocycles. The molecule has 1 fully saturated rings. The molecule has 0 aliphatic heterocycles. The summed E-state index contributed by atoms with van der Waals surface area (Å²) in [6.07, 6.45) is 7.33. The van der Waals surface area contributed by atoms with Crippen LogP contribution in [0.2, 0.25) is 0 Å². The van der Waals surface area contributed by atoms with Crippen LogP contribution in [-0.4, -0.2) is 23.9 Å². The Labute approximate surface area is 114 Å². The Bertz CT molecular complexity index is 408. The standard InChI is InChI=1S/C15H23N3O/c1-18(14-6-4-2-3-5-7-14)15(19)12-8-10-13(17-16)11-9-12/h8-11,14,17H,2-7,16H2,1H3. The maximum absolute atomic E-state index is 12.4. The van der Waals surface area contributed by atoms with Crippen molar-refractivity contribution in [1.29, 1.82) is 0 Å².